The number of halogens is 1. The SMILES string of the molecule is COC[C@@]1(C)SC(N(COCC[Si](C)(C)C)C(=O)OC(C)(C)C)=N[C@](C)(c2cc(B3OC(C)(C)C(C)(C)O3)ccc2F)[C@@H]1C. The smallest absolute Gasteiger partial charge is 0.443 e. The van der Waals surface area contributed by atoms with Crippen LogP contribution >= 0.6 is 11.8 Å². The second-order valence-electron chi connectivity index (χ2n) is 15.7. The van der Waals surface area contributed by atoms with Gasteiger partial charge in [-0.2, -0.15) is 0 Å². The molecule has 0 N–H and O–H groups in total. The van der Waals surface area contributed by atoms with Crippen molar-refractivity contribution in [3.05, 3.63) is 29.6 Å². The van der Waals surface area contributed by atoms with E-state index in [4.69, 9.17) is 28.5 Å². The first kappa shape index (κ1) is 37.0. The number of carbonyl (C=O) groups is 1. The molecule has 0 radical (unpaired) electrons. The summed E-state index contributed by atoms with van der Waals surface area (Å²) >= 11 is 1.43. The largest absolute Gasteiger partial charge is 0.494 e. The first-order chi connectivity index (χ1) is 19.9. The van der Waals surface area contributed by atoms with Crippen molar-refractivity contribution in [3.63, 3.8) is 0 Å². The van der Waals surface area contributed by atoms with Crippen LogP contribution in [0.15, 0.2) is 23.2 Å². The summed E-state index contributed by atoms with van der Waals surface area (Å²) in [6.07, 6.45) is -0.570. The third-order valence-corrected chi connectivity index (χ3v) is 12.1. The van der Waals surface area contributed by atoms with Crippen LogP contribution in [0.25, 0.3) is 0 Å². The minimum Gasteiger partial charge on any atom is -0.443 e. The molecule has 0 aliphatic carbocycles. The van der Waals surface area contributed by atoms with E-state index in [1.807, 2.05) is 55.4 Å². The molecular formula is C32H54BFN2O6SSi. The molecule has 0 unspecified atom stereocenters. The number of amidine groups is 1. The lowest BCUT2D eigenvalue weighted by Gasteiger charge is -2.48. The van der Waals surface area contributed by atoms with Gasteiger partial charge < -0.3 is 23.5 Å². The number of nitrogens with zero attached hydrogens (tertiary/aromatic N) is 2. The summed E-state index contributed by atoms with van der Waals surface area (Å²) in [7, 11) is -0.378. The maximum Gasteiger partial charge on any atom is 0.494 e. The molecule has 1 saturated heterocycles. The normalized spacial score (nSPS) is 26.8. The van der Waals surface area contributed by atoms with Crippen molar-refractivity contribution < 1.29 is 32.7 Å². The van der Waals surface area contributed by atoms with Crippen molar-refractivity contribution in [1.29, 1.82) is 0 Å². The lowest BCUT2D eigenvalue weighted by atomic mass is 9.71. The summed E-state index contributed by atoms with van der Waals surface area (Å²) in [5.74, 6) is -0.607. The second kappa shape index (κ2) is 13.0. The first-order valence-electron chi connectivity index (χ1n) is 15.5. The number of amides is 1. The maximum absolute atomic E-state index is 16.0. The van der Waals surface area contributed by atoms with Crippen LogP contribution in [0.3, 0.4) is 0 Å². The molecule has 2 heterocycles. The number of carbonyl (C=O) groups excluding carboxylic acids is 1. The average Bonchev–Trinajstić information content (AvgIpc) is 3.07. The molecule has 0 spiro atoms. The Morgan fingerprint density at radius 2 is 1.70 bits per heavy atom. The first-order valence-corrected chi connectivity index (χ1v) is 20.0. The van der Waals surface area contributed by atoms with Gasteiger partial charge in [-0.15, -0.1) is 0 Å². The Morgan fingerprint density at radius 1 is 1.11 bits per heavy atom. The molecule has 8 nitrogen and oxygen atoms in total. The maximum atomic E-state index is 16.0. The van der Waals surface area contributed by atoms with Gasteiger partial charge in [0.15, 0.2) is 5.17 Å². The number of thioether (sulfide) groups is 1. The molecule has 3 atom stereocenters. The summed E-state index contributed by atoms with van der Waals surface area (Å²) in [4.78, 5) is 20.3. The Bertz CT molecular complexity index is 1220. The highest BCUT2D eigenvalue weighted by molar-refractivity contribution is 8.15. The molecule has 1 fully saturated rings. The van der Waals surface area contributed by atoms with Crippen molar-refractivity contribution >= 4 is 43.7 Å². The van der Waals surface area contributed by atoms with Crippen molar-refractivity contribution in [2.45, 2.75) is 122 Å². The lowest BCUT2D eigenvalue weighted by Crippen LogP contribution is -2.54. The molecule has 2 aliphatic rings. The summed E-state index contributed by atoms with van der Waals surface area (Å²) in [6, 6.07) is 5.89. The monoisotopic (exact) mass is 652 g/mol. The number of methoxy groups -OCH3 is 1. The molecule has 12 heteroatoms. The van der Waals surface area contributed by atoms with Gasteiger partial charge >= 0.3 is 13.2 Å². The second-order valence-corrected chi connectivity index (χ2v) is 22.8. The van der Waals surface area contributed by atoms with Gasteiger partial charge in [-0.05, 0) is 79.9 Å². The lowest BCUT2D eigenvalue weighted by molar-refractivity contribution is 0.00578. The number of aliphatic imine (C=N–C) groups is 1. The van der Waals surface area contributed by atoms with Crippen LogP contribution in [0.2, 0.25) is 25.7 Å². The standard InChI is InChI=1S/C32H54BFN2O6SSi/c1-22-31(9,20-38-11)43-26(36(27(37)40-28(2,3)4)21-39-17-18-44(12,13)14)35-32(22,10)24-19-23(15-16-25(24)34)33-41-29(5,6)30(7,8)42-33/h15-16,19,22H,17-18,20-21H2,1-14H3/t22-,31-,32+/m1/s1. The zero-order valence-corrected chi connectivity index (χ0v) is 31.2. The van der Waals surface area contributed by atoms with E-state index < -0.39 is 54.2 Å². The molecule has 1 aromatic rings. The van der Waals surface area contributed by atoms with Gasteiger partial charge in [-0.1, -0.05) is 50.5 Å². The van der Waals surface area contributed by atoms with E-state index in [9.17, 15) is 4.79 Å². The number of hydrogen-bond donors (Lipinski definition) is 0. The quantitative estimate of drug-likeness (QED) is 0.161. The minimum atomic E-state index is -1.36. The van der Waals surface area contributed by atoms with Crippen LogP contribution in [0.4, 0.5) is 9.18 Å². The van der Waals surface area contributed by atoms with E-state index >= 15 is 4.39 Å². The van der Waals surface area contributed by atoms with Crippen molar-refractivity contribution in [3.8, 4) is 0 Å². The van der Waals surface area contributed by atoms with E-state index in [1.54, 1.807) is 19.2 Å². The Balaban J connectivity index is 2.13. The van der Waals surface area contributed by atoms with Crippen LogP contribution in [-0.4, -0.2) is 80.0 Å². The number of hydrogen-bond acceptors (Lipinski definition) is 8. The van der Waals surface area contributed by atoms with Gasteiger partial charge in [0.1, 0.15) is 18.1 Å². The number of benzene rings is 1. The Morgan fingerprint density at radius 3 is 2.23 bits per heavy atom. The molecule has 0 aromatic heterocycles. The highest BCUT2D eigenvalue weighted by Crippen LogP contribution is 2.51. The highest BCUT2D eigenvalue weighted by Gasteiger charge is 2.54. The van der Waals surface area contributed by atoms with Crippen LogP contribution < -0.4 is 5.46 Å². The summed E-state index contributed by atoms with van der Waals surface area (Å²) in [6.45, 7) is 27.1. The zero-order valence-electron chi connectivity index (χ0n) is 29.3. The van der Waals surface area contributed by atoms with Gasteiger partial charge in [-0.3, -0.25) is 4.99 Å². The fourth-order valence-corrected chi connectivity index (χ4v) is 7.38. The number of rotatable bonds is 9. The predicted molar refractivity (Wildman–Crippen MR) is 181 cm³/mol. The van der Waals surface area contributed by atoms with Crippen LogP contribution in [-0.2, 0) is 29.1 Å². The topological polar surface area (TPSA) is 78.8 Å². The zero-order chi connectivity index (χ0) is 33.5. The van der Waals surface area contributed by atoms with Crippen LogP contribution in [0.5, 0.6) is 0 Å². The Kier molecular flexibility index (Phi) is 10.9. The van der Waals surface area contributed by atoms with E-state index in [0.717, 1.165) is 6.04 Å². The van der Waals surface area contributed by atoms with Crippen LogP contribution in [0, 0.1) is 11.7 Å². The Labute approximate surface area is 270 Å². The molecule has 0 bridgehead atoms. The average molecular weight is 653 g/mol. The van der Waals surface area contributed by atoms with Crippen molar-refractivity contribution in [2.24, 2.45) is 10.9 Å². The van der Waals surface area contributed by atoms with Crippen LogP contribution in [0.1, 0.15) is 74.8 Å². The minimum absolute atomic E-state index is 0.0325. The third kappa shape index (κ3) is 8.28. The van der Waals surface area contributed by atoms with Gasteiger partial charge in [0.05, 0.1) is 23.3 Å². The molecule has 248 valence electrons. The number of ether oxygens (including phenoxy) is 3. The van der Waals surface area contributed by atoms with Gasteiger partial charge in [0.2, 0.25) is 0 Å². The molecule has 1 amide bonds. The Hall–Kier alpha value is -1.44. The fourth-order valence-electron chi connectivity index (χ4n) is 5.15. The highest BCUT2D eigenvalue weighted by atomic mass is 32.2. The van der Waals surface area contributed by atoms with E-state index in [0.29, 0.717) is 29.4 Å². The van der Waals surface area contributed by atoms with Gasteiger partial charge in [-0.25, -0.2) is 14.1 Å². The summed E-state index contributed by atoms with van der Waals surface area (Å²) < 4.78 is 45.6. The van der Waals surface area contributed by atoms with Crippen molar-refractivity contribution in [1.82, 2.24) is 4.90 Å². The van der Waals surface area contributed by atoms with E-state index in [2.05, 4.69) is 33.5 Å². The van der Waals surface area contributed by atoms with Crippen molar-refractivity contribution in [2.75, 3.05) is 27.1 Å². The van der Waals surface area contributed by atoms with Gasteiger partial charge in [0, 0.05) is 38.0 Å². The third-order valence-electron chi connectivity index (χ3n) is 8.97. The summed E-state index contributed by atoms with van der Waals surface area (Å²) in [5, 5.41) is 0.396. The molecular weight excluding hydrogens is 598 g/mol. The molecule has 44 heavy (non-hydrogen) atoms. The molecule has 2 aliphatic heterocycles. The van der Waals surface area contributed by atoms with Gasteiger partial charge in [0.25, 0.3) is 0 Å². The fraction of sp³-hybridized carbons (Fsp3) is 0.750. The summed E-state index contributed by atoms with van der Waals surface area (Å²) in [5.41, 5.74) is -1.82. The van der Waals surface area contributed by atoms with E-state index in [1.165, 1.54) is 22.7 Å². The van der Waals surface area contributed by atoms with E-state index in [-0.39, 0.29) is 12.6 Å². The molecule has 1 aromatic carbocycles. The molecule has 0 saturated carbocycles. The molecule has 3 rings (SSSR count). The predicted octanol–water partition coefficient (Wildman–Crippen LogP) is 7.03.